The molecule has 6 nitrogen and oxygen atoms in total. The third-order valence-corrected chi connectivity index (χ3v) is 5.19. The van der Waals surface area contributed by atoms with Gasteiger partial charge in [0.15, 0.2) is 5.13 Å². The van der Waals surface area contributed by atoms with Crippen molar-refractivity contribution >= 4 is 39.2 Å². The molecule has 0 fully saturated rings. The van der Waals surface area contributed by atoms with Gasteiger partial charge in [-0.25, -0.2) is 13.8 Å². The fourth-order valence-electron chi connectivity index (χ4n) is 2.98. The van der Waals surface area contributed by atoms with Gasteiger partial charge >= 0.3 is 0 Å². The summed E-state index contributed by atoms with van der Waals surface area (Å²) >= 11 is 1.30. The molecule has 3 N–H and O–H groups in total. The predicted molar refractivity (Wildman–Crippen MR) is 111 cm³/mol. The summed E-state index contributed by atoms with van der Waals surface area (Å²) in [7, 11) is 0. The number of rotatable bonds is 6. The molecule has 30 heavy (non-hydrogen) atoms. The first-order valence-electron chi connectivity index (χ1n) is 9.06. The van der Waals surface area contributed by atoms with Gasteiger partial charge in [0, 0.05) is 47.1 Å². The lowest BCUT2D eigenvalue weighted by atomic mass is 10.1. The van der Waals surface area contributed by atoms with Crippen LogP contribution in [0.15, 0.2) is 54.0 Å². The Morgan fingerprint density at radius 3 is 2.80 bits per heavy atom. The summed E-state index contributed by atoms with van der Waals surface area (Å²) in [6.45, 7) is 0.00215. The number of nitrogens with zero attached hydrogens (tertiary/aromatic N) is 1. The minimum Gasteiger partial charge on any atom is -0.360 e. The molecule has 2 amide bonds. The second-order valence-corrected chi connectivity index (χ2v) is 7.32. The lowest BCUT2D eigenvalue weighted by Gasteiger charge is -2.06. The zero-order valence-electron chi connectivity index (χ0n) is 15.5. The molecule has 2 heterocycles. The largest absolute Gasteiger partial charge is 0.360 e. The van der Waals surface area contributed by atoms with Crippen molar-refractivity contribution in [2.24, 2.45) is 0 Å². The van der Waals surface area contributed by atoms with Crippen LogP contribution in [0.1, 0.15) is 16.8 Å². The lowest BCUT2D eigenvalue weighted by Crippen LogP contribution is -2.28. The zero-order chi connectivity index (χ0) is 21.1. The van der Waals surface area contributed by atoms with Crippen molar-refractivity contribution in [2.75, 3.05) is 11.9 Å². The molecule has 0 aliphatic carbocycles. The monoisotopic (exact) mass is 426 g/mol. The number of aromatic nitrogens is 2. The third-order valence-electron chi connectivity index (χ3n) is 4.43. The van der Waals surface area contributed by atoms with Crippen molar-refractivity contribution in [1.29, 1.82) is 0 Å². The molecule has 0 radical (unpaired) electrons. The molecule has 0 aliphatic heterocycles. The number of fused-ring (bicyclic) bond motifs is 1. The number of nitrogens with one attached hydrogen (secondary N) is 3. The van der Waals surface area contributed by atoms with Crippen LogP contribution in [-0.2, 0) is 4.79 Å². The third kappa shape index (κ3) is 4.20. The molecule has 2 aromatic carbocycles. The molecular formula is C21H16F2N4O2S. The Hall–Kier alpha value is -3.59. The topological polar surface area (TPSA) is 86.9 Å². The molecule has 0 saturated heterocycles. The van der Waals surface area contributed by atoms with E-state index in [1.54, 1.807) is 0 Å². The van der Waals surface area contributed by atoms with Gasteiger partial charge in [0.25, 0.3) is 5.91 Å². The summed E-state index contributed by atoms with van der Waals surface area (Å²) in [6.07, 6.45) is 1.85. The molecule has 2 aromatic heterocycles. The highest BCUT2D eigenvalue weighted by Gasteiger charge is 2.14. The van der Waals surface area contributed by atoms with Gasteiger partial charge in [0.1, 0.15) is 11.6 Å². The Kier molecular flexibility index (Phi) is 5.53. The second kappa shape index (κ2) is 8.42. The number of hydrogen-bond donors (Lipinski definition) is 3. The van der Waals surface area contributed by atoms with Crippen LogP contribution < -0.4 is 10.6 Å². The smallest absolute Gasteiger partial charge is 0.254 e. The maximum Gasteiger partial charge on any atom is 0.254 e. The maximum atomic E-state index is 13.6. The minimum absolute atomic E-state index is 0.00215. The van der Waals surface area contributed by atoms with Crippen LogP contribution >= 0.6 is 11.3 Å². The fraction of sp³-hybridized carbons (Fsp3) is 0.0952. The number of aromatic amines is 1. The summed E-state index contributed by atoms with van der Waals surface area (Å²) in [5.74, 6) is -2.77. The number of anilines is 1. The Morgan fingerprint density at radius 2 is 1.97 bits per heavy atom. The molecular weight excluding hydrogens is 410 g/mol. The van der Waals surface area contributed by atoms with Crippen LogP contribution in [0.2, 0.25) is 0 Å². The van der Waals surface area contributed by atoms with E-state index in [0.717, 1.165) is 34.3 Å². The summed E-state index contributed by atoms with van der Waals surface area (Å²) in [5.41, 5.74) is 2.41. The number of carbonyl (C=O) groups is 2. The number of hydrogen-bond acceptors (Lipinski definition) is 4. The molecule has 0 saturated carbocycles. The molecule has 0 unspecified atom stereocenters. The van der Waals surface area contributed by atoms with Crippen molar-refractivity contribution in [2.45, 2.75) is 6.42 Å². The Morgan fingerprint density at radius 1 is 1.13 bits per heavy atom. The number of H-pyrrole nitrogens is 1. The van der Waals surface area contributed by atoms with Gasteiger partial charge in [-0.3, -0.25) is 9.59 Å². The molecule has 0 atom stereocenters. The molecule has 0 aliphatic rings. The van der Waals surface area contributed by atoms with Crippen LogP contribution in [0, 0.1) is 11.6 Å². The summed E-state index contributed by atoms with van der Waals surface area (Å²) < 4.78 is 26.5. The highest BCUT2D eigenvalue weighted by Crippen LogP contribution is 2.30. The molecule has 0 bridgehead atoms. The SMILES string of the molecule is O=C(CCNC(=O)c1ccc(F)cc1F)Nc1nc(-c2c[nH]c3ccccc23)cs1. The Balaban J connectivity index is 1.32. The molecule has 4 aromatic rings. The van der Waals surface area contributed by atoms with Gasteiger partial charge in [-0.15, -0.1) is 11.3 Å². The molecule has 9 heteroatoms. The van der Waals surface area contributed by atoms with E-state index in [2.05, 4.69) is 20.6 Å². The molecule has 152 valence electrons. The van der Waals surface area contributed by atoms with E-state index in [4.69, 9.17) is 0 Å². The average Bonchev–Trinajstić information content (AvgIpc) is 3.34. The van der Waals surface area contributed by atoms with Gasteiger partial charge < -0.3 is 15.6 Å². The number of thiazole rings is 1. The van der Waals surface area contributed by atoms with E-state index in [-0.39, 0.29) is 24.4 Å². The molecule has 4 rings (SSSR count). The fourth-order valence-corrected chi connectivity index (χ4v) is 3.71. The summed E-state index contributed by atoms with van der Waals surface area (Å²) in [5, 5.41) is 8.46. The predicted octanol–water partition coefficient (Wildman–Crippen LogP) is 4.33. The first kappa shape index (κ1) is 19.7. The van der Waals surface area contributed by atoms with E-state index < -0.39 is 17.5 Å². The zero-order valence-corrected chi connectivity index (χ0v) is 16.4. The number of amides is 2. The molecule has 0 spiro atoms. The van der Waals surface area contributed by atoms with Gasteiger partial charge in [-0.05, 0) is 18.2 Å². The Bertz CT molecular complexity index is 1230. The van der Waals surface area contributed by atoms with Crippen LogP contribution in [0.25, 0.3) is 22.2 Å². The van der Waals surface area contributed by atoms with Gasteiger partial charge in [-0.2, -0.15) is 0 Å². The van der Waals surface area contributed by atoms with Crippen LogP contribution in [-0.4, -0.2) is 28.3 Å². The van der Waals surface area contributed by atoms with E-state index in [1.807, 2.05) is 35.8 Å². The highest BCUT2D eigenvalue weighted by molar-refractivity contribution is 7.14. The minimum atomic E-state index is -0.954. The number of benzene rings is 2. The first-order valence-corrected chi connectivity index (χ1v) is 9.94. The quantitative estimate of drug-likeness (QED) is 0.429. The van der Waals surface area contributed by atoms with E-state index in [0.29, 0.717) is 11.2 Å². The van der Waals surface area contributed by atoms with Crippen molar-refractivity contribution in [3.05, 3.63) is 71.2 Å². The lowest BCUT2D eigenvalue weighted by molar-refractivity contribution is -0.116. The van der Waals surface area contributed by atoms with Crippen molar-refractivity contribution in [1.82, 2.24) is 15.3 Å². The highest BCUT2D eigenvalue weighted by atomic mass is 32.1. The first-order chi connectivity index (χ1) is 14.5. The van der Waals surface area contributed by atoms with Crippen molar-refractivity contribution in [3.8, 4) is 11.3 Å². The standard InChI is InChI=1S/C21H16F2N4O2S/c22-12-5-6-14(16(23)9-12)20(29)24-8-7-19(28)27-21-26-18(11-30-21)15-10-25-17-4-2-1-3-13(15)17/h1-6,9-11,25H,7-8H2,(H,24,29)(H,26,27,28). The summed E-state index contributed by atoms with van der Waals surface area (Å²) in [6, 6.07) is 10.5. The van der Waals surface area contributed by atoms with E-state index in [1.165, 1.54) is 11.3 Å². The van der Waals surface area contributed by atoms with E-state index in [9.17, 15) is 18.4 Å². The Labute approximate surface area is 174 Å². The average molecular weight is 426 g/mol. The van der Waals surface area contributed by atoms with Crippen molar-refractivity contribution in [3.63, 3.8) is 0 Å². The number of carbonyl (C=O) groups excluding carboxylic acids is 2. The second-order valence-electron chi connectivity index (χ2n) is 6.46. The van der Waals surface area contributed by atoms with Crippen LogP contribution in [0.4, 0.5) is 13.9 Å². The van der Waals surface area contributed by atoms with Crippen LogP contribution in [0.5, 0.6) is 0 Å². The number of para-hydroxylation sites is 1. The summed E-state index contributed by atoms with van der Waals surface area (Å²) in [4.78, 5) is 31.7. The van der Waals surface area contributed by atoms with Crippen molar-refractivity contribution < 1.29 is 18.4 Å². The van der Waals surface area contributed by atoms with Gasteiger partial charge in [0.05, 0.1) is 11.3 Å². The number of halogens is 2. The normalized spacial score (nSPS) is 10.9. The van der Waals surface area contributed by atoms with E-state index >= 15 is 0 Å². The maximum absolute atomic E-state index is 13.6. The van der Waals surface area contributed by atoms with Crippen LogP contribution in [0.3, 0.4) is 0 Å². The van der Waals surface area contributed by atoms with Gasteiger partial charge in [0.2, 0.25) is 5.91 Å². The van der Waals surface area contributed by atoms with Gasteiger partial charge in [-0.1, -0.05) is 18.2 Å².